The summed E-state index contributed by atoms with van der Waals surface area (Å²) in [4.78, 5) is 10.9. The molecule has 0 amide bonds. The van der Waals surface area contributed by atoms with Gasteiger partial charge in [0.15, 0.2) is 0 Å². The standard InChI is InChI=1S/C16H23N3OS/c1-4-12-8-13-14(18-16(17)19-15(13)21-12)20-11-6-5-9(2)10(3)7-11/h8-11H,4-7H2,1-3H3,(H2,17,18,19). The molecule has 2 heterocycles. The number of aryl methyl sites for hydroxylation is 1. The van der Waals surface area contributed by atoms with Crippen LogP contribution in [0, 0.1) is 11.8 Å². The number of hydrogen-bond acceptors (Lipinski definition) is 5. The summed E-state index contributed by atoms with van der Waals surface area (Å²) < 4.78 is 6.20. The first kappa shape index (κ1) is 14.6. The minimum Gasteiger partial charge on any atom is -0.474 e. The third-order valence-corrected chi connectivity index (χ3v) is 5.78. The number of ether oxygens (including phenoxy) is 1. The van der Waals surface area contributed by atoms with Crippen LogP contribution < -0.4 is 10.5 Å². The molecule has 0 spiro atoms. The van der Waals surface area contributed by atoms with Crippen LogP contribution in [-0.2, 0) is 6.42 Å². The molecule has 3 atom stereocenters. The average Bonchev–Trinajstić information content (AvgIpc) is 2.86. The molecule has 114 valence electrons. The molecule has 0 aliphatic heterocycles. The monoisotopic (exact) mass is 305 g/mol. The Morgan fingerprint density at radius 1 is 1.29 bits per heavy atom. The third kappa shape index (κ3) is 2.98. The number of hydrogen-bond donors (Lipinski definition) is 1. The molecule has 1 fully saturated rings. The van der Waals surface area contributed by atoms with Crippen LogP contribution in [0.4, 0.5) is 5.95 Å². The van der Waals surface area contributed by atoms with E-state index in [2.05, 4.69) is 36.8 Å². The van der Waals surface area contributed by atoms with E-state index in [1.807, 2.05) is 0 Å². The molecule has 3 rings (SSSR count). The van der Waals surface area contributed by atoms with Crippen LogP contribution in [-0.4, -0.2) is 16.1 Å². The number of rotatable bonds is 3. The van der Waals surface area contributed by atoms with Gasteiger partial charge in [0.1, 0.15) is 10.9 Å². The maximum Gasteiger partial charge on any atom is 0.227 e. The van der Waals surface area contributed by atoms with E-state index in [1.165, 1.54) is 11.3 Å². The van der Waals surface area contributed by atoms with Gasteiger partial charge in [-0.05, 0) is 43.6 Å². The summed E-state index contributed by atoms with van der Waals surface area (Å²) in [5, 5.41) is 1.01. The second-order valence-electron chi connectivity index (χ2n) is 6.18. The summed E-state index contributed by atoms with van der Waals surface area (Å²) in [7, 11) is 0. The molecule has 1 saturated carbocycles. The maximum absolute atomic E-state index is 6.20. The van der Waals surface area contributed by atoms with E-state index in [4.69, 9.17) is 10.5 Å². The van der Waals surface area contributed by atoms with E-state index in [1.54, 1.807) is 11.3 Å². The van der Waals surface area contributed by atoms with Crippen LogP contribution >= 0.6 is 11.3 Å². The highest BCUT2D eigenvalue weighted by atomic mass is 32.1. The van der Waals surface area contributed by atoms with Gasteiger partial charge in [0.05, 0.1) is 5.39 Å². The molecular weight excluding hydrogens is 282 g/mol. The zero-order valence-corrected chi connectivity index (χ0v) is 13.7. The van der Waals surface area contributed by atoms with Crippen molar-refractivity contribution in [3.63, 3.8) is 0 Å². The summed E-state index contributed by atoms with van der Waals surface area (Å²) >= 11 is 1.68. The number of anilines is 1. The lowest BCUT2D eigenvalue weighted by Gasteiger charge is -2.32. The van der Waals surface area contributed by atoms with Crippen molar-refractivity contribution in [2.45, 2.75) is 52.6 Å². The molecule has 21 heavy (non-hydrogen) atoms. The van der Waals surface area contributed by atoms with Gasteiger partial charge in [0.25, 0.3) is 0 Å². The average molecular weight is 305 g/mol. The highest BCUT2D eigenvalue weighted by Gasteiger charge is 2.26. The number of nitrogen functional groups attached to an aromatic ring is 1. The minimum absolute atomic E-state index is 0.249. The largest absolute Gasteiger partial charge is 0.474 e. The van der Waals surface area contributed by atoms with E-state index in [-0.39, 0.29) is 6.10 Å². The topological polar surface area (TPSA) is 61.0 Å². The van der Waals surface area contributed by atoms with Crippen LogP contribution in [0.2, 0.25) is 0 Å². The van der Waals surface area contributed by atoms with Crippen molar-refractivity contribution in [3.05, 3.63) is 10.9 Å². The molecule has 0 saturated heterocycles. The van der Waals surface area contributed by atoms with Gasteiger partial charge >= 0.3 is 0 Å². The number of aromatic nitrogens is 2. The lowest BCUT2D eigenvalue weighted by atomic mass is 9.80. The summed E-state index contributed by atoms with van der Waals surface area (Å²) in [6.45, 7) is 6.78. The van der Waals surface area contributed by atoms with Crippen molar-refractivity contribution in [1.29, 1.82) is 0 Å². The van der Waals surface area contributed by atoms with Gasteiger partial charge in [-0.15, -0.1) is 11.3 Å². The number of fused-ring (bicyclic) bond motifs is 1. The zero-order chi connectivity index (χ0) is 15.0. The molecule has 4 nitrogen and oxygen atoms in total. The van der Waals surface area contributed by atoms with Gasteiger partial charge in [0, 0.05) is 4.88 Å². The van der Waals surface area contributed by atoms with Gasteiger partial charge in [-0.25, -0.2) is 4.98 Å². The Labute approximate surface area is 129 Å². The fraction of sp³-hybridized carbons (Fsp3) is 0.625. The van der Waals surface area contributed by atoms with Crippen LogP contribution in [0.5, 0.6) is 5.88 Å². The lowest BCUT2D eigenvalue weighted by molar-refractivity contribution is 0.0980. The Hall–Kier alpha value is -1.36. The minimum atomic E-state index is 0.249. The molecule has 5 heteroatoms. The third-order valence-electron chi connectivity index (χ3n) is 4.60. The van der Waals surface area contributed by atoms with Crippen LogP contribution in [0.25, 0.3) is 10.2 Å². The highest BCUT2D eigenvalue weighted by molar-refractivity contribution is 7.18. The van der Waals surface area contributed by atoms with E-state index < -0.39 is 0 Å². The molecule has 2 aromatic heterocycles. The quantitative estimate of drug-likeness (QED) is 0.929. The molecule has 3 unspecified atom stereocenters. The number of nitrogens with zero attached hydrogens (tertiary/aromatic N) is 2. The van der Waals surface area contributed by atoms with E-state index in [0.29, 0.717) is 17.7 Å². The predicted octanol–water partition coefficient (Wildman–Crippen LogP) is 4.04. The first-order valence-electron chi connectivity index (χ1n) is 7.79. The lowest BCUT2D eigenvalue weighted by Crippen LogP contribution is -2.29. The molecule has 0 bridgehead atoms. The molecule has 1 aliphatic carbocycles. The van der Waals surface area contributed by atoms with Gasteiger partial charge in [-0.1, -0.05) is 20.8 Å². The van der Waals surface area contributed by atoms with E-state index >= 15 is 0 Å². The van der Waals surface area contributed by atoms with Gasteiger partial charge in [-0.3, -0.25) is 0 Å². The van der Waals surface area contributed by atoms with Gasteiger partial charge in [-0.2, -0.15) is 4.98 Å². The van der Waals surface area contributed by atoms with Crippen molar-refractivity contribution in [2.75, 3.05) is 5.73 Å². The molecular formula is C16H23N3OS. The summed E-state index contributed by atoms with van der Waals surface area (Å²) in [5.41, 5.74) is 5.83. The SMILES string of the molecule is CCc1cc2c(OC3CCC(C)C(C)C3)nc(N)nc2s1. The molecule has 2 N–H and O–H groups in total. The zero-order valence-electron chi connectivity index (χ0n) is 12.9. The summed E-state index contributed by atoms with van der Waals surface area (Å²) in [6, 6.07) is 2.14. The smallest absolute Gasteiger partial charge is 0.227 e. The van der Waals surface area contributed by atoms with E-state index in [0.717, 1.165) is 35.4 Å². The summed E-state index contributed by atoms with van der Waals surface area (Å²) in [6.07, 6.45) is 4.66. The second-order valence-corrected chi connectivity index (χ2v) is 7.29. The van der Waals surface area contributed by atoms with Crippen molar-refractivity contribution in [2.24, 2.45) is 11.8 Å². The first-order chi connectivity index (χ1) is 10.1. The van der Waals surface area contributed by atoms with Gasteiger partial charge < -0.3 is 10.5 Å². The Kier molecular flexibility index (Phi) is 4.02. The maximum atomic E-state index is 6.20. The first-order valence-corrected chi connectivity index (χ1v) is 8.61. The fourth-order valence-electron chi connectivity index (χ4n) is 2.99. The van der Waals surface area contributed by atoms with Crippen LogP contribution in [0.3, 0.4) is 0 Å². The Balaban J connectivity index is 1.87. The summed E-state index contributed by atoms with van der Waals surface area (Å²) in [5.74, 6) is 2.46. The van der Waals surface area contributed by atoms with Gasteiger partial charge in [0.2, 0.25) is 11.8 Å². The highest BCUT2D eigenvalue weighted by Crippen LogP contribution is 2.35. The van der Waals surface area contributed by atoms with Crippen molar-refractivity contribution >= 4 is 27.5 Å². The second kappa shape index (κ2) is 5.79. The normalized spacial score (nSPS) is 26.1. The number of thiophene rings is 1. The predicted molar refractivity (Wildman–Crippen MR) is 87.8 cm³/mol. The van der Waals surface area contributed by atoms with E-state index in [9.17, 15) is 0 Å². The fourth-order valence-corrected chi connectivity index (χ4v) is 3.95. The van der Waals surface area contributed by atoms with Crippen molar-refractivity contribution in [1.82, 2.24) is 9.97 Å². The van der Waals surface area contributed by atoms with Crippen LogP contribution in [0.15, 0.2) is 6.07 Å². The molecule has 0 radical (unpaired) electrons. The van der Waals surface area contributed by atoms with Crippen LogP contribution in [0.1, 0.15) is 44.9 Å². The Morgan fingerprint density at radius 3 is 2.81 bits per heavy atom. The van der Waals surface area contributed by atoms with Crippen molar-refractivity contribution in [3.8, 4) is 5.88 Å². The van der Waals surface area contributed by atoms with Crippen molar-refractivity contribution < 1.29 is 4.74 Å². The molecule has 2 aromatic rings. The Bertz CT molecular complexity index is 640. The molecule has 1 aliphatic rings. The number of nitrogens with two attached hydrogens (primary N) is 1. The molecule has 0 aromatic carbocycles. The Morgan fingerprint density at radius 2 is 2.10 bits per heavy atom.